The van der Waals surface area contributed by atoms with Gasteiger partial charge in [-0.2, -0.15) is 0 Å². The smallest absolute Gasteiger partial charge is 0.338 e. The molecule has 0 aliphatic heterocycles. The van der Waals surface area contributed by atoms with Crippen LogP contribution in [-0.4, -0.2) is 30.4 Å². The van der Waals surface area contributed by atoms with Crippen molar-refractivity contribution in [3.63, 3.8) is 0 Å². The molecule has 0 aromatic carbocycles. The fourth-order valence-corrected chi connectivity index (χ4v) is 2.69. The molecule has 0 aliphatic rings. The molecule has 0 radical (unpaired) electrons. The van der Waals surface area contributed by atoms with Crippen molar-refractivity contribution in [3.05, 3.63) is 66.4 Å². The van der Waals surface area contributed by atoms with Crippen molar-refractivity contribution in [2.75, 3.05) is 5.32 Å². The van der Waals surface area contributed by atoms with Crippen molar-refractivity contribution in [2.45, 2.75) is 6.54 Å². The Morgan fingerprint density at radius 2 is 2.04 bits per heavy atom. The van der Waals surface area contributed by atoms with E-state index >= 15 is 0 Å². The Balaban J connectivity index is 1.87. The summed E-state index contributed by atoms with van der Waals surface area (Å²) < 4.78 is 1.80. The van der Waals surface area contributed by atoms with Gasteiger partial charge in [0.2, 0.25) is 0 Å². The van der Waals surface area contributed by atoms with Gasteiger partial charge in [0.1, 0.15) is 5.52 Å². The molecule has 0 unspecified atom stereocenters. The highest BCUT2D eigenvalue weighted by Gasteiger charge is 2.17. The number of pyridine rings is 2. The van der Waals surface area contributed by atoms with Crippen LogP contribution >= 0.6 is 0 Å². The van der Waals surface area contributed by atoms with Crippen LogP contribution in [0.4, 0.5) is 5.82 Å². The second-order valence-corrected chi connectivity index (χ2v) is 5.29. The van der Waals surface area contributed by atoms with E-state index in [1.54, 1.807) is 47.5 Å². The highest BCUT2D eigenvalue weighted by Crippen LogP contribution is 2.26. The molecule has 24 heavy (non-hydrogen) atoms. The summed E-state index contributed by atoms with van der Waals surface area (Å²) in [5.41, 5.74) is 3.19. The molecule has 0 aliphatic carbocycles. The minimum absolute atomic E-state index is 0.196. The predicted molar refractivity (Wildman–Crippen MR) is 89.0 cm³/mol. The Labute approximate surface area is 136 Å². The second-order valence-electron chi connectivity index (χ2n) is 5.29. The van der Waals surface area contributed by atoms with Crippen LogP contribution < -0.4 is 5.32 Å². The van der Waals surface area contributed by atoms with Gasteiger partial charge < -0.3 is 14.8 Å². The van der Waals surface area contributed by atoms with E-state index in [1.807, 2.05) is 12.1 Å². The fourth-order valence-electron chi connectivity index (χ4n) is 2.69. The SMILES string of the molecule is O=C(O)c1ccn2c1c(NCc1cccnc1)nc1ccncc12. The summed E-state index contributed by atoms with van der Waals surface area (Å²) >= 11 is 0. The number of fused-ring (bicyclic) bond motifs is 3. The van der Waals surface area contributed by atoms with Gasteiger partial charge in [0, 0.05) is 31.3 Å². The minimum atomic E-state index is -0.994. The zero-order valence-corrected chi connectivity index (χ0v) is 12.5. The number of nitrogens with one attached hydrogen (secondary N) is 1. The van der Waals surface area contributed by atoms with E-state index in [0.29, 0.717) is 17.9 Å². The molecule has 0 saturated heterocycles. The number of rotatable bonds is 4. The first kappa shape index (κ1) is 14.1. The molecule has 7 nitrogen and oxygen atoms in total. The molecule has 118 valence electrons. The van der Waals surface area contributed by atoms with E-state index in [4.69, 9.17) is 0 Å². The zero-order chi connectivity index (χ0) is 16.5. The third-order valence-corrected chi connectivity index (χ3v) is 3.79. The van der Waals surface area contributed by atoms with Crippen LogP contribution in [0.2, 0.25) is 0 Å². The monoisotopic (exact) mass is 319 g/mol. The highest BCUT2D eigenvalue weighted by molar-refractivity contribution is 6.01. The van der Waals surface area contributed by atoms with Crippen LogP contribution in [0, 0.1) is 0 Å². The summed E-state index contributed by atoms with van der Waals surface area (Å²) in [4.78, 5) is 24.3. The molecule has 7 heteroatoms. The first-order valence-electron chi connectivity index (χ1n) is 7.35. The second kappa shape index (κ2) is 5.62. The molecule has 4 heterocycles. The van der Waals surface area contributed by atoms with Crippen molar-refractivity contribution in [2.24, 2.45) is 0 Å². The maximum absolute atomic E-state index is 11.5. The standard InChI is InChI=1S/C17H13N5O2/c23-17(24)12-4-7-22-14-10-19-6-3-13(14)21-16(15(12)22)20-9-11-2-1-5-18-8-11/h1-8,10H,9H2,(H,20,21)(H,23,24). The molecule has 4 aromatic heterocycles. The third-order valence-electron chi connectivity index (χ3n) is 3.79. The first-order chi connectivity index (χ1) is 11.7. The first-order valence-corrected chi connectivity index (χ1v) is 7.35. The normalized spacial score (nSPS) is 11.0. The summed E-state index contributed by atoms with van der Waals surface area (Å²) in [5, 5.41) is 12.7. The number of carboxylic acids is 1. The van der Waals surface area contributed by atoms with Crippen molar-refractivity contribution in [1.82, 2.24) is 19.4 Å². The van der Waals surface area contributed by atoms with E-state index < -0.39 is 5.97 Å². The lowest BCUT2D eigenvalue weighted by molar-refractivity contribution is 0.0699. The summed E-state index contributed by atoms with van der Waals surface area (Å²) in [6.07, 6.45) is 8.52. The number of aromatic carboxylic acids is 1. The van der Waals surface area contributed by atoms with Crippen molar-refractivity contribution >= 4 is 28.3 Å². The van der Waals surface area contributed by atoms with Crippen molar-refractivity contribution in [1.29, 1.82) is 0 Å². The Hall–Kier alpha value is -3.48. The van der Waals surface area contributed by atoms with Crippen LogP contribution in [0.1, 0.15) is 15.9 Å². The number of hydrogen-bond acceptors (Lipinski definition) is 5. The molecular weight excluding hydrogens is 306 g/mol. The van der Waals surface area contributed by atoms with E-state index in [0.717, 1.165) is 16.6 Å². The van der Waals surface area contributed by atoms with Crippen molar-refractivity contribution in [3.8, 4) is 0 Å². The van der Waals surface area contributed by atoms with Gasteiger partial charge in [0.15, 0.2) is 5.82 Å². The number of carboxylic acid groups (broad SMARTS) is 1. The number of hydrogen-bond donors (Lipinski definition) is 2. The van der Waals surface area contributed by atoms with Crippen LogP contribution in [0.3, 0.4) is 0 Å². The van der Waals surface area contributed by atoms with E-state index in [-0.39, 0.29) is 5.56 Å². The fraction of sp³-hybridized carbons (Fsp3) is 0.0588. The highest BCUT2D eigenvalue weighted by atomic mass is 16.4. The van der Waals surface area contributed by atoms with E-state index in [9.17, 15) is 9.90 Å². The lowest BCUT2D eigenvalue weighted by atomic mass is 10.2. The van der Waals surface area contributed by atoms with Crippen LogP contribution in [0.5, 0.6) is 0 Å². The average molecular weight is 319 g/mol. The summed E-state index contributed by atoms with van der Waals surface area (Å²) in [5.74, 6) is -0.480. The number of nitrogens with zero attached hydrogens (tertiary/aromatic N) is 4. The quantitative estimate of drug-likeness (QED) is 0.600. The van der Waals surface area contributed by atoms with Crippen molar-refractivity contribution < 1.29 is 9.90 Å². The van der Waals surface area contributed by atoms with E-state index in [1.165, 1.54) is 0 Å². The molecule has 2 N–H and O–H groups in total. The molecule has 0 saturated carbocycles. The van der Waals surface area contributed by atoms with Gasteiger partial charge in [-0.1, -0.05) is 6.07 Å². The van der Waals surface area contributed by atoms with Gasteiger partial charge in [-0.3, -0.25) is 9.97 Å². The Kier molecular flexibility index (Phi) is 3.31. The summed E-state index contributed by atoms with van der Waals surface area (Å²) in [7, 11) is 0. The molecule has 0 fully saturated rings. The molecule has 0 amide bonds. The van der Waals surface area contributed by atoms with Crippen LogP contribution in [-0.2, 0) is 6.54 Å². The van der Waals surface area contributed by atoms with E-state index in [2.05, 4.69) is 20.3 Å². The molecule has 0 bridgehead atoms. The number of aromatic nitrogens is 4. The topological polar surface area (TPSA) is 92.4 Å². The zero-order valence-electron chi connectivity index (χ0n) is 12.5. The maximum Gasteiger partial charge on any atom is 0.338 e. The van der Waals surface area contributed by atoms with Gasteiger partial charge >= 0.3 is 5.97 Å². The summed E-state index contributed by atoms with van der Waals surface area (Å²) in [6, 6.07) is 7.16. The Bertz CT molecular complexity index is 1040. The molecule has 4 rings (SSSR count). The number of anilines is 1. The number of carbonyl (C=O) groups is 1. The predicted octanol–water partition coefficient (Wildman–Crippen LogP) is 2.59. The largest absolute Gasteiger partial charge is 0.478 e. The Morgan fingerprint density at radius 1 is 1.17 bits per heavy atom. The van der Waals surface area contributed by atoms with Gasteiger partial charge in [0.25, 0.3) is 0 Å². The molecule has 4 aromatic rings. The van der Waals surface area contributed by atoms with Gasteiger partial charge in [0.05, 0.1) is 22.8 Å². The van der Waals surface area contributed by atoms with Gasteiger partial charge in [-0.05, 0) is 23.8 Å². The van der Waals surface area contributed by atoms with Crippen LogP contribution in [0.25, 0.3) is 16.6 Å². The van der Waals surface area contributed by atoms with Crippen LogP contribution in [0.15, 0.2) is 55.2 Å². The molecule has 0 spiro atoms. The summed E-state index contributed by atoms with van der Waals surface area (Å²) in [6.45, 7) is 0.497. The third kappa shape index (κ3) is 2.32. The average Bonchev–Trinajstić information content (AvgIpc) is 3.06. The minimum Gasteiger partial charge on any atom is -0.478 e. The lowest BCUT2D eigenvalue weighted by Gasteiger charge is -2.11. The maximum atomic E-state index is 11.5. The van der Waals surface area contributed by atoms with Gasteiger partial charge in [-0.25, -0.2) is 9.78 Å². The molecule has 0 atom stereocenters. The lowest BCUT2D eigenvalue weighted by Crippen LogP contribution is -2.07. The van der Waals surface area contributed by atoms with Gasteiger partial charge in [-0.15, -0.1) is 0 Å². The molecular formula is C17H13N5O2. The Morgan fingerprint density at radius 3 is 2.83 bits per heavy atom.